The number of esters is 1. The third kappa shape index (κ3) is 6.42. The summed E-state index contributed by atoms with van der Waals surface area (Å²) in [6.07, 6.45) is 3.40. The van der Waals surface area contributed by atoms with E-state index in [2.05, 4.69) is 15.6 Å². The molecule has 2 N–H and O–H groups in total. The number of anilines is 1. The number of carbonyl (C=O) groups is 2. The number of amides is 1. The number of nitrogens with zero attached hydrogens (tertiary/aromatic N) is 1. The van der Waals surface area contributed by atoms with Gasteiger partial charge in [0.05, 0.1) is 19.2 Å². The molecule has 0 radical (unpaired) electrons. The number of pyridine rings is 1. The van der Waals surface area contributed by atoms with Crippen molar-refractivity contribution in [1.82, 2.24) is 10.3 Å². The summed E-state index contributed by atoms with van der Waals surface area (Å²) >= 11 is 0. The van der Waals surface area contributed by atoms with E-state index in [4.69, 9.17) is 4.74 Å². The minimum atomic E-state index is -1.00. The molecule has 0 aliphatic heterocycles. The van der Waals surface area contributed by atoms with Crippen LogP contribution in [0.4, 0.5) is 14.5 Å². The fourth-order valence-corrected chi connectivity index (χ4v) is 3.13. The van der Waals surface area contributed by atoms with Crippen molar-refractivity contribution in [3.8, 4) is 11.1 Å². The number of hydrogen-bond donors (Lipinski definition) is 2. The number of nitrogens with one attached hydrogen (secondary N) is 2. The van der Waals surface area contributed by atoms with Crippen LogP contribution in [0, 0.1) is 11.6 Å². The lowest BCUT2D eigenvalue weighted by molar-refractivity contribution is -0.142. The van der Waals surface area contributed by atoms with E-state index in [1.807, 2.05) is 30.3 Å². The van der Waals surface area contributed by atoms with Crippen LogP contribution in [0.1, 0.15) is 12.5 Å². The Labute approximate surface area is 184 Å². The number of aromatic nitrogens is 1. The molecule has 1 amide bonds. The van der Waals surface area contributed by atoms with Gasteiger partial charge in [-0.3, -0.25) is 19.9 Å². The second kappa shape index (κ2) is 11.1. The molecule has 3 rings (SSSR count). The second-order valence-electron chi connectivity index (χ2n) is 7.00. The molecule has 1 aromatic heterocycles. The van der Waals surface area contributed by atoms with Gasteiger partial charge in [-0.15, -0.1) is 0 Å². The molecule has 0 unspecified atom stereocenters. The summed E-state index contributed by atoms with van der Waals surface area (Å²) in [4.78, 5) is 28.7. The molecule has 6 nitrogen and oxygen atoms in total. The Bertz CT molecular complexity index is 1080. The minimum Gasteiger partial charge on any atom is -0.465 e. The van der Waals surface area contributed by atoms with E-state index in [-0.39, 0.29) is 19.6 Å². The average molecular weight is 439 g/mol. The van der Waals surface area contributed by atoms with Crippen LogP contribution in [0.5, 0.6) is 0 Å². The lowest BCUT2D eigenvalue weighted by atomic mass is 10.0. The van der Waals surface area contributed by atoms with Crippen LogP contribution in [-0.2, 0) is 20.7 Å². The number of benzene rings is 2. The van der Waals surface area contributed by atoms with Gasteiger partial charge in [0.25, 0.3) is 0 Å². The molecule has 32 heavy (non-hydrogen) atoms. The van der Waals surface area contributed by atoms with Crippen molar-refractivity contribution in [3.05, 3.63) is 84.2 Å². The molecule has 0 saturated carbocycles. The molecule has 3 aromatic rings. The van der Waals surface area contributed by atoms with E-state index in [1.165, 1.54) is 6.07 Å². The molecule has 8 heteroatoms. The maximum Gasteiger partial charge on any atom is 0.319 e. The zero-order valence-electron chi connectivity index (χ0n) is 17.5. The van der Waals surface area contributed by atoms with Crippen LogP contribution >= 0.6 is 0 Å². The van der Waals surface area contributed by atoms with Gasteiger partial charge >= 0.3 is 5.97 Å². The summed E-state index contributed by atoms with van der Waals surface area (Å²) in [5, 5.41) is 5.66. The molecule has 0 saturated heterocycles. The third-order valence-corrected chi connectivity index (χ3v) is 4.68. The smallest absolute Gasteiger partial charge is 0.319 e. The fraction of sp³-hybridized carbons (Fsp3) is 0.208. The Kier molecular flexibility index (Phi) is 7.99. The zero-order valence-corrected chi connectivity index (χ0v) is 17.5. The van der Waals surface area contributed by atoms with Gasteiger partial charge < -0.3 is 10.1 Å². The molecule has 0 bridgehead atoms. The van der Waals surface area contributed by atoms with Gasteiger partial charge in [-0.25, -0.2) is 8.78 Å². The lowest BCUT2D eigenvalue weighted by Crippen LogP contribution is -2.44. The second-order valence-corrected chi connectivity index (χ2v) is 7.00. The molecule has 2 aromatic carbocycles. The predicted octanol–water partition coefficient (Wildman–Crippen LogP) is 3.73. The Hall–Kier alpha value is -3.65. The summed E-state index contributed by atoms with van der Waals surface area (Å²) in [6, 6.07) is 13.5. The van der Waals surface area contributed by atoms with Gasteiger partial charge in [0.2, 0.25) is 5.91 Å². The Morgan fingerprint density at radius 1 is 1.00 bits per heavy atom. The average Bonchev–Trinajstić information content (AvgIpc) is 2.80. The molecule has 1 atom stereocenters. The highest BCUT2D eigenvalue weighted by atomic mass is 19.2. The molecule has 1 heterocycles. The number of hydrogen-bond acceptors (Lipinski definition) is 5. The van der Waals surface area contributed by atoms with Crippen LogP contribution in [0.3, 0.4) is 0 Å². The number of ether oxygens (including phenoxy) is 1. The topological polar surface area (TPSA) is 80.3 Å². The summed E-state index contributed by atoms with van der Waals surface area (Å²) in [5.41, 5.74) is 2.79. The van der Waals surface area contributed by atoms with Gasteiger partial charge in [-0.05, 0) is 66.4 Å². The van der Waals surface area contributed by atoms with Crippen molar-refractivity contribution in [1.29, 1.82) is 0 Å². The molecular formula is C24H23F2N3O3. The Balaban J connectivity index is 1.76. The van der Waals surface area contributed by atoms with Gasteiger partial charge in [0.15, 0.2) is 11.6 Å². The first-order chi connectivity index (χ1) is 15.5. The van der Waals surface area contributed by atoms with E-state index in [9.17, 15) is 18.4 Å². The molecular weight excluding hydrogens is 416 g/mol. The van der Waals surface area contributed by atoms with E-state index < -0.39 is 29.6 Å². The summed E-state index contributed by atoms with van der Waals surface area (Å²) in [5.74, 6) is -2.92. The van der Waals surface area contributed by atoms with Crippen LogP contribution < -0.4 is 10.6 Å². The van der Waals surface area contributed by atoms with E-state index in [1.54, 1.807) is 25.4 Å². The van der Waals surface area contributed by atoms with Crippen molar-refractivity contribution in [2.75, 3.05) is 18.5 Å². The SMILES string of the molecule is CCOC(=O)CN[C@@H](Cc1ccc(F)c(F)c1)C(=O)Nc1cccc(-c2ccncc2)c1. The largest absolute Gasteiger partial charge is 0.465 e. The van der Waals surface area contributed by atoms with Crippen molar-refractivity contribution in [2.45, 2.75) is 19.4 Å². The predicted molar refractivity (Wildman–Crippen MR) is 117 cm³/mol. The van der Waals surface area contributed by atoms with Crippen molar-refractivity contribution < 1.29 is 23.1 Å². The van der Waals surface area contributed by atoms with E-state index in [0.717, 1.165) is 23.3 Å². The molecule has 0 fully saturated rings. The Morgan fingerprint density at radius 3 is 2.50 bits per heavy atom. The van der Waals surface area contributed by atoms with Crippen LogP contribution in [0.25, 0.3) is 11.1 Å². The molecule has 0 aliphatic carbocycles. The highest BCUT2D eigenvalue weighted by molar-refractivity contribution is 5.96. The third-order valence-electron chi connectivity index (χ3n) is 4.68. The zero-order chi connectivity index (χ0) is 22.9. The first kappa shape index (κ1) is 23.0. The lowest BCUT2D eigenvalue weighted by Gasteiger charge is -2.19. The maximum atomic E-state index is 13.6. The van der Waals surface area contributed by atoms with Gasteiger partial charge in [-0.2, -0.15) is 0 Å². The van der Waals surface area contributed by atoms with Crippen LogP contribution in [-0.4, -0.2) is 36.1 Å². The van der Waals surface area contributed by atoms with E-state index in [0.29, 0.717) is 11.3 Å². The molecule has 166 valence electrons. The fourth-order valence-electron chi connectivity index (χ4n) is 3.13. The number of halogens is 2. The quantitative estimate of drug-likeness (QED) is 0.497. The summed E-state index contributed by atoms with van der Waals surface area (Å²) in [6.45, 7) is 1.69. The number of rotatable bonds is 9. The minimum absolute atomic E-state index is 0.0481. The molecule has 0 spiro atoms. The highest BCUT2D eigenvalue weighted by Gasteiger charge is 2.21. The van der Waals surface area contributed by atoms with Gasteiger partial charge in [0.1, 0.15) is 0 Å². The first-order valence-electron chi connectivity index (χ1n) is 10.1. The number of carbonyl (C=O) groups excluding carboxylic acids is 2. The monoisotopic (exact) mass is 439 g/mol. The summed E-state index contributed by atoms with van der Waals surface area (Å²) in [7, 11) is 0. The van der Waals surface area contributed by atoms with Gasteiger partial charge in [0, 0.05) is 18.1 Å². The standard InChI is InChI=1S/C24H23F2N3O3/c1-2-32-23(30)15-28-22(13-16-6-7-20(25)21(26)12-16)24(31)29-19-5-3-4-18(14-19)17-8-10-27-11-9-17/h3-12,14,22,28H,2,13,15H2,1H3,(H,29,31)/t22-/m0/s1. The van der Waals surface area contributed by atoms with Gasteiger partial charge in [-0.1, -0.05) is 18.2 Å². The molecule has 0 aliphatic rings. The first-order valence-corrected chi connectivity index (χ1v) is 10.1. The summed E-state index contributed by atoms with van der Waals surface area (Å²) < 4.78 is 31.8. The Morgan fingerprint density at radius 2 is 1.78 bits per heavy atom. The van der Waals surface area contributed by atoms with Crippen molar-refractivity contribution >= 4 is 17.6 Å². The maximum absolute atomic E-state index is 13.6. The van der Waals surface area contributed by atoms with Crippen molar-refractivity contribution in [2.24, 2.45) is 0 Å². The van der Waals surface area contributed by atoms with Crippen molar-refractivity contribution in [3.63, 3.8) is 0 Å². The van der Waals surface area contributed by atoms with Crippen LogP contribution in [0.2, 0.25) is 0 Å². The normalized spacial score (nSPS) is 11.6. The highest BCUT2D eigenvalue weighted by Crippen LogP contribution is 2.22. The van der Waals surface area contributed by atoms with Crippen LogP contribution in [0.15, 0.2) is 67.0 Å². The van der Waals surface area contributed by atoms with E-state index >= 15 is 0 Å².